The van der Waals surface area contributed by atoms with Crippen molar-refractivity contribution in [2.75, 3.05) is 0 Å². The number of furan rings is 1. The fourth-order valence-corrected chi connectivity index (χ4v) is 1.51. The summed E-state index contributed by atoms with van der Waals surface area (Å²) in [4.78, 5) is 10.6. The van der Waals surface area contributed by atoms with Crippen LogP contribution in [0.5, 0.6) is 0 Å². The van der Waals surface area contributed by atoms with Crippen molar-refractivity contribution >= 4 is 29.2 Å². The minimum Gasteiger partial charge on any atom is -0.475 e. The second-order valence-electron chi connectivity index (χ2n) is 2.89. The van der Waals surface area contributed by atoms with Gasteiger partial charge in [-0.15, -0.1) is 0 Å². The van der Waals surface area contributed by atoms with E-state index in [1.54, 1.807) is 0 Å². The Morgan fingerprint density at radius 3 is 2.50 bits per heavy atom. The first kappa shape index (κ1) is 11.4. The van der Waals surface area contributed by atoms with E-state index < -0.39 is 5.97 Å². The van der Waals surface area contributed by atoms with Crippen LogP contribution < -0.4 is 0 Å². The summed E-state index contributed by atoms with van der Waals surface area (Å²) in [7, 11) is 0. The third kappa shape index (κ3) is 2.22. The number of hydrogen-bond donors (Lipinski definition) is 1. The molecule has 0 spiro atoms. The molecule has 1 heterocycles. The van der Waals surface area contributed by atoms with Crippen molar-refractivity contribution in [1.29, 1.82) is 0 Å². The van der Waals surface area contributed by atoms with Crippen LogP contribution in [0.25, 0.3) is 0 Å². The van der Waals surface area contributed by atoms with Gasteiger partial charge in [0.15, 0.2) is 0 Å². The van der Waals surface area contributed by atoms with Crippen LogP contribution in [-0.4, -0.2) is 11.1 Å². The summed E-state index contributed by atoms with van der Waals surface area (Å²) in [6, 6.07) is 0. The third-order valence-corrected chi connectivity index (χ3v) is 2.67. The van der Waals surface area contributed by atoms with Crippen LogP contribution in [0.15, 0.2) is 4.42 Å². The lowest BCUT2D eigenvalue weighted by atomic mass is 10.2. The van der Waals surface area contributed by atoms with Crippen LogP contribution in [0.3, 0.4) is 0 Å². The molecule has 0 bridgehead atoms. The van der Waals surface area contributed by atoms with Gasteiger partial charge in [-0.25, -0.2) is 4.79 Å². The van der Waals surface area contributed by atoms with Crippen molar-refractivity contribution in [3.63, 3.8) is 0 Å². The van der Waals surface area contributed by atoms with Gasteiger partial charge >= 0.3 is 5.97 Å². The molecule has 0 aliphatic rings. The average Bonchev–Trinajstić information content (AvgIpc) is 2.42. The van der Waals surface area contributed by atoms with E-state index in [9.17, 15) is 4.79 Å². The quantitative estimate of drug-likeness (QED) is 0.869. The highest BCUT2D eigenvalue weighted by atomic mass is 35.5. The zero-order valence-corrected chi connectivity index (χ0v) is 9.15. The Bertz CT molecular complexity index is 344. The Kier molecular flexibility index (Phi) is 3.84. The monoisotopic (exact) mass is 236 g/mol. The molecule has 1 rings (SSSR count). The second-order valence-corrected chi connectivity index (χ2v) is 3.65. The Balaban J connectivity index is 2.96. The Morgan fingerprint density at radius 2 is 2.07 bits per heavy atom. The number of aryl methyl sites for hydroxylation is 1. The number of carbonyl (C=O) groups is 1. The van der Waals surface area contributed by atoms with E-state index in [1.165, 1.54) is 0 Å². The Labute approximate surface area is 91.6 Å². The van der Waals surface area contributed by atoms with Gasteiger partial charge in [-0.1, -0.05) is 36.5 Å². The number of carboxylic acids is 1. The van der Waals surface area contributed by atoms with Gasteiger partial charge in [0, 0.05) is 6.42 Å². The molecule has 14 heavy (non-hydrogen) atoms. The highest BCUT2D eigenvalue weighted by molar-refractivity contribution is 6.44. The lowest BCUT2D eigenvalue weighted by molar-refractivity contribution is 0.0660. The molecule has 0 radical (unpaired) electrons. The van der Waals surface area contributed by atoms with Gasteiger partial charge in [-0.05, 0) is 6.42 Å². The van der Waals surface area contributed by atoms with Crippen molar-refractivity contribution in [3.05, 3.63) is 21.6 Å². The molecular weight excluding hydrogens is 227 g/mol. The molecule has 1 aromatic rings. The maximum absolute atomic E-state index is 10.6. The predicted octanol–water partition coefficient (Wildman–Crippen LogP) is 3.63. The van der Waals surface area contributed by atoms with E-state index in [-0.39, 0.29) is 15.8 Å². The summed E-state index contributed by atoms with van der Waals surface area (Å²) in [6.45, 7) is 2.02. The molecule has 1 aromatic heterocycles. The summed E-state index contributed by atoms with van der Waals surface area (Å²) in [5, 5.41) is 8.90. The first-order chi connectivity index (χ1) is 6.57. The molecule has 5 heteroatoms. The molecular formula is C9H10Cl2O3. The number of halogens is 2. The second kappa shape index (κ2) is 4.71. The molecule has 0 fully saturated rings. The van der Waals surface area contributed by atoms with Gasteiger partial charge in [0.1, 0.15) is 15.8 Å². The van der Waals surface area contributed by atoms with Crippen LogP contribution in [0, 0.1) is 0 Å². The summed E-state index contributed by atoms with van der Waals surface area (Å²) >= 11 is 11.5. The molecule has 0 saturated carbocycles. The average molecular weight is 237 g/mol. The largest absolute Gasteiger partial charge is 0.475 e. The van der Waals surface area contributed by atoms with Gasteiger partial charge in [0.05, 0.1) is 0 Å². The maximum atomic E-state index is 10.6. The molecule has 0 aliphatic heterocycles. The molecule has 0 atom stereocenters. The summed E-state index contributed by atoms with van der Waals surface area (Å²) in [5.41, 5.74) is 0. The number of unbranched alkanes of at least 4 members (excludes halogenated alkanes) is 1. The number of rotatable bonds is 4. The van der Waals surface area contributed by atoms with Crippen molar-refractivity contribution in [2.24, 2.45) is 0 Å². The van der Waals surface area contributed by atoms with Gasteiger partial charge in [-0.2, -0.15) is 0 Å². The zero-order chi connectivity index (χ0) is 10.7. The first-order valence-corrected chi connectivity index (χ1v) is 5.03. The van der Waals surface area contributed by atoms with Gasteiger partial charge in [0.2, 0.25) is 5.76 Å². The summed E-state index contributed by atoms with van der Waals surface area (Å²) < 4.78 is 5.05. The molecule has 78 valence electrons. The molecule has 0 amide bonds. The van der Waals surface area contributed by atoms with E-state index in [2.05, 4.69) is 0 Å². The Morgan fingerprint density at radius 1 is 1.43 bits per heavy atom. The van der Waals surface area contributed by atoms with Crippen molar-refractivity contribution in [1.82, 2.24) is 0 Å². The van der Waals surface area contributed by atoms with Crippen molar-refractivity contribution < 1.29 is 14.3 Å². The number of hydrogen-bond acceptors (Lipinski definition) is 2. The van der Waals surface area contributed by atoms with Crippen LogP contribution in [-0.2, 0) is 6.42 Å². The van der Waals surface area contributed by atoms with E-state index in [0.29, 0.717) is 12.2 Å². The van der Waals surface area contributed by atoms with E-state index in [1.807, 2.05) is 6.92 Å². The van der Waals surface area contributed by atoms with Crippen LogP contribution in [0.4, 0.5) is 0 Å². The molecule has 3 nitrogen and oxygen atoms in total. The zero-order valence-electron chi connectivity index (χ0n) is 7.64. The minimum atomic E-state index is -1.19. The van der Waals surface area contributed by atoms with E-state index in [0.717, 1.165) is 12.8 Å². The Hall–Kier alpha value is -0.670. The summed E-state index contributed by atoms with van der Waals surface area (Å²) in [6.07, 6.45) is 2.49. The molecule has 0 saturated heterocycles. The molecule has 0 aliphatic carbocycles. The molecule has 1 N–H and O–H groups in total. The normalized spacial score (nSPS) is 10.5. The highest BCUT2D eigenvalue weighted by Gasteiger charge is 2.21. The van der Waals surface area contributed by atoms with Crippen molar-refractivity contribution in [2.45, 2.75) is 26.2 Å². The highest BCUT2D eigenvalue weighted by Crippen LogP contribution is 2.33. The number of carboxylic acid groups (broad SMARTS) is 1. The maximum Gasteiger partial charge on any atom is 0.373 e. The first-order valence-electron chi connectivity index (χ1n) is 4.27. The van der Waals surface area contributed by atoms with Crippen LogP contribution in [0.1, 0.15) is 36.1 Å². The summed E-state index contributed by atoms with van der Waals surface area (Å²) in [5.74, 6) is -1.02. The number of aromatic carboxylic acids is 1. The van der Waals surface area contributed by atoms with E-state index in [4.69, 9.17) is 32.7 Å². The van der Waals surface area contributed by atoms with Crippen LogP contribution in [0.2, 0.25) is 10.0 Å². The molecule has 0 unspecified atom stereocenters. The lowest BCUT2D eigenvalue weighted by Gasteiger charge is -1.93. The smallest absolute Gasteiger partial charge is 0.373 e. The lowest BCUT2D eigenvalue weighted by Crippen LogP contribution is -1.93. The topological polar surface area (TPSA) is 50.4 Å². The van der Waals surface area contributed by atoms with Crippen molar-refractivity contribution in [3.8, 4) is 0 Å². The third-order valence-electron chi connectivity index (χ3n) is 1.81. The predicted molar refractivity (Wildman–Crippen MR) is 54.3 cm³/mol. The van der Waals surface area contributed by atoms with Crippen LogP contribution >= 0.6 is 23.2 Å². The standard InChI is InChI=1S/C9H10Cl2O3/c1-2-3-4-5-6(10)7(11)8(14-5)9(12)13/h2-4H2,1H3,(H,12,13). The van der Waals surface area contributed by atoms with Gasteiger partial charge in [0.25, 0.3) is 0 Å². The fourth-order valence-electron chi connectivity index (χ4n) is 1.07. The fraction of sp³-hybridized carbons (Fsp3) is 0.444. The van der Waals surface area contributed by atoms with Gasteiger partial charge < -0.3 is 9.52 Å². The molecule has 0 aromatic carbocycles. The SMILES string of the molecule is CCCCc1oc(C(=O)O)c(Cl)c1Cl. The van der Waals surface area contributed by atoms with Gasteiger partial charge in [-0.3, -0.25) is 0 Å². The van der Waals surface area contributed by atoms with E-state index >= 15 is 0 Å². The minimum absolute atomic E-state index is 0.00901.